The molecular formula is C24H26N4O2. The lowest BCUT2D eigenvalue weighted by molar-refractivity contribution is -0.129. The molecule has 4 rings (SSSR count). The molecule has 0 bridgehead atoms. The first kappa shape index (κ1) is 19.9. The van der Waals surface area contributed by atoms with E-state index in [1.165, 1.54) is 0 Å². The second-order valence-corrected chi connectivity index (χ2v) is 7.79. The number of rotatable bonds is 4. The number of hydrogen-bond acceptors (Lipinski definition) is 3. The molecule has 1 fully saturated rings. The van der Waals surface area contributed by atoms with Crippen molar-refractivity contribution in [1.82, 2.24) is 20.0 Å². The maximum absolute atomic E-state index is 13.2. The third-order valence-corrected chi connectivity index (χ3v) is 5.58. The molecule has 2 heterocycles. The minimum Gasteiger partial charge on any atom is -0.349 e. The fourth-order valence-electron chi connectivity index (χ4n) is 3.78. The van der Waals surface area contributed by atoms with Gasteiger partial charge in [0.1, 0.15) is 5.69 Å². The van der Waals surface area contributed by atoms with Gasteiger partial charge in [-0.1, -0.05) is 48.0 Å². The highest BCUT2D eigenvalue weighted by molar-refractivity contribution is 6.00. The van der Waals surface area contributed by atoms with E-state index in [0.717, 1.165) is 29.7 Å². The van der Waals surface area contributed by atoms with Crippen molar-refractivity contribution in [2.75, 3.05) is 13.1 Å². The van der Waals surface area contributed by atoms with Crippen molar-refractivity contribution in [2.45, 2.75) is 32.7 Å². The summed E-state index contributed by atoms with van der Waals surface area (Å²) in [5.74, 6) is -0.0420. The highest BCUT2D eigenvalue weighted by atomic mass is 16.2. The molecule has 1 saturated heterocycles. The van der Waals surface area contributed by atoms with Crippen molar-refractivity contribution in [3.63, 3.8) is 0 Å². The highest BCUT2D eigenvalue weighted by Gasteiger charge is 2.25. The molecule has 6 heteroatoms. The summed E-state index contributed by atoms with van der Waals surface area (Å²) in [5, 5.41) is 7.88. The van der Waals surface area contributed by atoms with Crippen LogP contribution in [0.15, 0.2) is 60.8 Å². The quantitative estimate of drug-likeness (QED) is 0.725. The van der Waals surface area contributed by atoms with E-state index in [9.17, 15) is 9.59 Å². The predicted molar refractivity (Wildman–Crippen MR) is 116 cm³/mol. The van der Waals surface area contributed by atoms with Gasteiger partial charge in [0.05, 0.1) is 11.3 Å². The average Bonchev–Trinajstić information content (AvgIpc) is 3.21. The lowest BCUT2D eigenvalue weighted by Gasteiger charge is -2.31. The number of carbonyl (C=O) groups is 2. The van der Waals surface area contributed by atoms with Gasteiger partial charge in [0, 0.05) is 37.8 Å². The van der Waals surface area contributed by atoms with Gasteiger partial charge < -0.3 is 10.2 Å². The van der Waals surface area contributed by atoms with Crippen LogP contribution < -0.4 is 5.32 Å². The van der Waals surface area contributed by atoms with E-state index < -0.39 is 0 Å². The van der Waals surface area contributed by atoms with Crippen LogP contribution in [0, 0.1) is 6.92 Å². The van der Waals surface area contributed by atoms with Gasteiger partial charge in [-0.05, 0) is 31.9 Å². The SMILES string of the molecule is CC(=O)N1CCC(NC(=O)c2cn(-c3ccccc3)nc2-c2ccc(C)cc2)CC1. The zero-order valence-electron chi connectivity index (χ0n) is 17.3. The van der Waals surface area contributed by atoms with Crippen LogP contribution in [0.25, 0.3) is 16.9 Å². The first-order valence-electron chi connectivity index (χ1n) is 10.3. The molecule has 0 spiro atoms. The second kappa shape index (κ2) is 8.53. The van der Waals surface area contributed by atoms with Gasteiger partial charge in [-0.25, -0.2) is 4.68 Å². The van der Waals surface area contributed by atoms with E-state index >= 15 is 0 Å². The minimum atomic E-state index is -0.131. The first-order chi connectivity index (χ1) is 14.5. The van der Waals surface area contributed by atoms with Gasteiger partial charge in [0.2, 0.25) is 5.91 Å². The van der Waals surface area contributed by atoms with Crippen molar-refractivity contribution in [2.24, 2.45) is 0 Å². The Hall–Kier alpha value is -3.41. The molecule has 0 saturated carbocycles. The summed E-state index contributed by atoms with van der Waals surface area (Å²) in [7, 11) is 0. The van der Waals surface area contributed by atoms with E-state index in [4.69, 9.17) is 5.10 Å². The van der Waals surface area contributed by atoms with E-state index in [0.29, 0.717) is 24.3 Å². The van der Waals surface area contributed by atoms with E-state index in [1.54, 1.807) is 17.8 Å². The number of piperidine rings is 1. The number of hydrogen-bond donors (Lipinski definition) is 1. The number of para-hydroxylation sites is 1. The predicted octanol–water partition coefficient (Wildman–Crippen LogP) is 3.59. The summed E-state index contributed by atoms with van der Waals surface area (Å²) in [6, 6.07) is 17.9. The fraction of sp³-hybridized carbons (Fsp3) is 0.292. The van der Waals surface area contributed by atoms with Crippen LogP contribution in [0.5, 0.6) is 0 Å². The van der Waals surface area contributed by atoms with Gasteiger partial charge in [0.15, 0.2) is 0 Å². The third kappa shape index (κ3) is 4.27. The summed E-state index contributed by atoms with van der Waals surface area (Å²) in [6.07, 6.45) is 3.32. The molecular weight excluding hydrogens is 376 g/mol. The topological polar surface area (TPSA) is 67.2 Å². The average molecular weight is 402 g/mol. The zero-order chi connectivity index (χ0) is 21.1. The Morgan fingerprint density at radius 3 is 2.30 bits per heavy atom. The molecule has 0 unspecified atom stereocenters. The minimum absolute atomic E-state index is 0.0547. The Balaban J connectivity index is 1.61. The van der Waals surface area contributed by atoms with Gasteiger partial charge in [-0.15, -0.1) is 0 Å². The molecule has 30 heavy (non-hydrogen) atoms. The number of amides is 2. The van der Waals surface area contributed by atoms with E-state index in [-0.39, 0.29) is 17.9 Å². The second-order valence-electron chi connectivity index (χ2n) is 7.79. The summed E-state index contributed by atoms with van der Waals surface area (Å²) in [4.78, 5) is 26.6. The van der Waals surface area contributed by atoms with Gasteiger partial charge in [-0.2, -0.15) is 5.10 Å². The molecule has 6 nitrogen and oxygen atoms in total. The number of nitrogens with zero attached hydrogens (tertiary/aromatic N) is 3. The Morgan fingerprint density at radius 2 is 1.67 bits per heavy atom. The van der Waals surface area contributed by atoms with Crippen LogP contribution in [0.3, 0.4) is 0 Å². The van der Waals surface area contributed by atoms with Crippen LogP contribution in [0.2, 0.25) is 0 Å². The lowest BCUT2D eigenvalue weighted by atomic mass is 10.0. The first-order valence-corrected chi connectivity index (χ1v) is 10.3. The molecule has 0 atom stereocenters. The molecule has 154 valence electrons. The molecule has 1 aliphatic rings. The van der Waals surface area contributed by atoms with Gasteiger partial charge in [-0.3, -0.25) is 9.59 Å². The fourth-order valence-corrected chi connectivity index (χ4v) is 3.78. The Labute approximate surface area is 176 Å². The Bertz CT molecular complexity index is 1030. The van der Waals surface area contributed by atoms with Gasteiger partial charge in [0.25, 0.3) is 5.91 Å². The van der Waals surface area contributed by atoms with Crippen LogP contribution in [0.1, 0.15) is 35.7 Å². The van der Waals surface area contributed by atoms with E-state index in [1.807, 2.05) is 66.4 Å². The maximum Gasteiger partial charge on any atom is 0.255 e. The monoisotopic (exact) mass is 402 g/mol. The summed E-state index contributed by atoms with van der Waals surface area (Å²) in [5.41, 5.74) is 4.19. The highest BCUT2D eigenvalue weighted by Crippen LogP contribution is 2.25. The molecule has 0 radical (unpaired) electrons. The van der Waals surface area contributed by atoms with Crippen molar-refractivity contribution in [3.05, 3.63) is 71.9 Å². The Kier molecular flexibility index (Phi) is 5.65. The van der Waals surface area contributed by atoms with Crippen LogP contribution >= 0.6 is 0 Å². The van der Waals surface area contributed by atoms with Crippen LogP contribution in [-0.2, 0) is 4.79 Å². The third-order valence-electron chi connectivity index (χ3n) is 5.58. The summed E-state index contributed by atoms with van der Waals surface area (Å²) >= 11 is 0. The van der Waals surface area contributed by atoms with Crippen molar-refractivity contribution in [3.8, 4) is 16.9 Å². The molecule has 3 aromatic rings. The number of aromatic nitrogens is 2. The van der Waals surface area contributed by atoms with Gasteiger partial charge >= 0.3 is 0 Å². The molecule has 0 aliphatic carbocycles. The van der Waals surface area contributed by atoms with Crippen LogP contribution in [0.4, 0.5) is 0 Å². The zero-order valence-corrected chi connectivity index (χ0v) is 17.3. The number of carbonyl (C=O) groups excluding carboxylic acids is 2. The Morgan fingerprint density at radius 1 is 1.00 bits per heavy atom. The number of likely N-dealkylation sites (tertiary alicyclic amines) is 1. The molecule has 2 aromatic carbocycles. The molecule has 1 N–H and O–H groups in total. The molecule has 2 amide bonds. The van der Waals surface area contributed by atoms with Crippen molar-refractivity contribution < 1.29 is 9.59 Å². The molecule has 1 aromatic heterocycles. The smallest absolute Gasteiger partial charge is 0.255 e. The number of aryl methyl sites for hydroxylation is 1. The summed E-state index contributed by atoms with van der Waals surface area (Å²) < 4.78 is 1.75. The lowest BCUT2D eigenvalue weighted by Crippen LogP contribution is -2.46. The largest absolute Gasteiger partial charge is 0.349 e. The maximum atomic E-state index is 13.2. The van der Waals surface area contributed by atoms with Crippen molar-refractivity contribution >= 4 is 11.8 Å². The number of nitrogens with one attached hydrogen (secondary N) is 1. The van der Waals surface area contributed by atoms with Crippen molar-refractivity contribution in [1.29, 1.82) is 0 Å². The molecule has 1 aliphatic heterocycles. The number of benzene rings is 2. The normalized spacial score (nSPS) is 14.5. The van der Waals surface area contributed by atoms with Crippen LogP contribution in [-0.4, -0.2) is 45.6 Å². The summed E-state index contributed by atoms with van der Waals surface area (Å²) in [6.45, 7) is 4.97. The standard InChI is InChI=1S/C24H26N4O2/c1-17-8-10-19(11-9-17)23-22(16-28(26-23)21-6-4-3-5-7-21)24(30)25-20-12-14-27(15-13-20)18(2)29/h3-11,16,20H,12-15H2,1-2H3,(H,25,30). The van der Waals surface area contributed by atoms with E-state index in [2.05, 4.69) is 5.32 Å².